The van der Waals surface area contributed by atoms with Crippen LogP contribution in [0.1, 0.15) is 44.0 Å². The third-order valence-electron chi connectivity index (χ3n) is 3.39. The predicted molar refractivity (Wildman–Crippen MR) is 68.6 cm³/mol. The molecule has 0 unspecified atom stereocenters. The molecular weight excluding hydrogens is 236 g/mol. The summed E-state index contributed by atoms with van der Waals surface area (Å²) in [6, 6.07) is 0. The molecule has 1 aromatic rings. The molecule has 4 heteroatoms. The first-order valence-electron chi connectivity index (χ1n) is 6.23. The zero-order valence-electron chi connectivity index (χ0n) is 10.7. The van der Waals surface area contributed by atoms with Crippen molar-refractivity contribution in [2.24, 2.45) is 5.92 Å². The molecular formula is C13H19ClN2O. The summed E-state index contributed by atoms with van der Waals surface area (Å²) in [7, 11) is 0. The molecule has 1 aromatic heterocycles. The summed E-state index contributed by atoms with van der Waals surface area (Å²) in [6.45, 7) is 6.04. The molecule has 1 heterocycles. The zero-order chi connectivity index (χ0) is 12.4. The molecule has 1 aliphatic rings. The largest absolute Gasteiger partial charge is 0.474 e. The van der Waals surface area contributed by atoms with Gasteiger partial charge in [-0.1, -0.05) is 18.5 Å². The number of hydrogen-bond donors (Lipinski definition) is 0. The van der Waals surface area contributed by atoms with Crippen LogP contribution in [0.2, 0.25) is 5.15 Å². The molecule has 3 nitrogen and oxygen atoms in total. The van der Waals surface area contributed by atoms with E-state index < -0.39 is 0 Å². The Morgan fingerprint density at radius 2 is 1.76 bits per heavy atom. The summed E-state index contributed by atoms with van der Waals surface area (Å²) in [5.74, 6) is 2.15. The highest BCUT2D eigenvalue weighted by Gasteiger charge is 2.21. The van der Waals surface area contributed by atoms with Crippen LogP contribution in [-0.4, -0.2) is 16.1 Å². The molecule has 0 aromatic carbocycles. The van der Waals surface area contributed by atoms with Crippen LogP contribution in [0.25, 0.3) is 0 Å². The van der Waals surface area contributed by atoms with Crippen molar-refractivity contribution in [3.63, 3.8) is 0 Å². The highest BCUT2D eigenvalue weighted by Crippen LogP contribution is 2.29. The van der Waals surface area contributed by atoms with Gasteiger partial charge in [0.15, 0.2) is 0 Å². The van der Waals surface area contributed by atoms with Gasteiger partial charge in [0, 0.05) is 5.56 Å². The maximum absolute atomic E-state index is 6.03. The number of ether oxygens (including phenoxy) is 1. The Balaban J connectivity index is 2.08. The fraction of sp³-hybridized carbons (Fsp3) is 0.692. The molecule has 2 rings (SSSR count). The zero-order valence-corrected chi connectivity index (χ0v) is 11.4. The van der Waals surface area contributed by atoms with Crippen molar-refractivity contribution >= 4 is 11.6 Å². The fourth-order valence-corrected chi connectivity index (χ4v) is 2.39. The van der Waals surface area contributed by atoms with E-state index in [1.807, 2.05) is 13.8 Å². The normalized spacial score (nSPS) is 24.7. The smallest absolute Gasteiger partial charge is 0.221 e. The van der Waals surface area contributed by atoms with E-state index >= 15 is 0 Å². The topological polar surface area (TPSA) is 35.0 Å². The Morgan fingerprint density at radius 3 is 2.41 bits per heavy atom. The standard InChI is InChI=1S/C13H19ClN2O/c1-8-4-6-11(7-5-8)17-13-9(2)12(14)15-10(3)16-13/h8,11H,4-7H2,1-3H3. The Morgan fingerprint density at radius 1 is 1.12 bits per heavy atom. The number of aryl methyl sites for hydroxylation is 1. The number of hydrogen-bond acceptors (Lipinski definition) is 3. The molecule has 0 saturated heterocycles. The summed E-state index contributed by atoms with van der Waals surface area (Å²) >= 11 is 6.03. The van der Waals surface area contributed by atoms with Gasteiger partial charge in [-0.05, 0) is 45.4 Å². The van der Waals surface area contributed by atoms with Crippen molar-refractivity contribution in [2.45, 2.75) is 52.6 Å². The highest BCUT2D eigenvalue weighted by molar-refractivity contribution is 6.30. The van der Waals surface area contributed by atoms with Crippen molar-refractivity contribution in [3.8, 4) is 5.88 Å². The monoisotopic (exact) mass is 254 g/mol. The molecule has 1 aliphatic carbocycles. The van der Waals surface area contributed by atoms with Crippen LogP contribution in [0.5, 0.6) is 5.88 Å². The lowest BCUT2D eigenvalue weighted by Gasteiger charge is -2.27. The third kappa shape index (κ3) is 3.09. The molecule has 0 N–H and O–H groups in total. The summed E-state index contributed by atoms with van der Waals surface area (Å²) < 4.78 is 5.96. The number of aromatic nitrogens is 2. The fourth-order valence-electron chi connectivity index (χ4n) is 2.19. The van der Waals surface area contributed by atoms with Gasteiger partial charge in [0.1, 0.15) is 17.1 Å². The number of rotatable bonds is 2. The molecule has 0 aliphatic heterocycles. The predicted octanol–water partition coefficient (Wildman–Crippen LogP) is 3.70. The minimum Gasteiger partial charge on any atom is -0.474 e. The minimum atomic E-state index is 0.287. The maximum Gasteiger partial charge on any atom is 0.221 e. The van der Waals surface area contributed by atoms with Gasteiger partial charge in [0.05, 0.1) is 0 Å². The van der Waals surface area contributed by atoms with Crippen LogP contribution in [0.4, 0.5) is 0 Å². The van der Waals surface area contributed by atoms with E-state index in [4.69, 9.17) is 16.3 Å². The molecule has 17 heavy (non-hydrogen) atoms. The van der Waals surface area contributed by atoms with E-state index in [9.17, 15) is 0 Å². The maximum atomic E-state index is 6.03. The van der Waals surface area contributed by atoms with Gasteiger partial charge < -0.3 is 4.74 Å². The lowest BCUT2D eigenvalue weighted by Crippen LogP contribution is -2.24. The van der Waals surface area contributed by atoms with Crippen LogP contribution < -0.4 is 4.74 Å². The van der Waals surface area contributed by atoms with Crippen LogP contribution in [-0.2, 0) is 0 Å². The Kier molecular flexibility index (Phi) is 3.87. The molecule has 1 saturated carbocycles. The molecule has 0 spiro atoms. The first-order valence-corrected chi connectivity index (χ1v) is 6.61. The van der Waals surface area contributed by atoms with E-state index in [0.717, 1.165) is 24.3 Å². The second-order valence-electron chi connectivity index (χ2n) is 4.99. The first kappa shape index (κ1) is 12.6. The van der Waals surface area contributed by atoms with Gasteiger partial charge in [-0.15, -0.1) is 0 Å². The van der Waals surface area contributed by atoms with Crippen molar-refractivity contribution in [1.29, 1.82) is 0 Å². The lowest BCUT2D eigenvalue weighted by molar-refractivity contribution is 0.129. The summed E-state index contributed by atoms with van der Waals surface area (Å²) in [6.07, 6.45) is 4.99. The van der Waals surface area contributed by atoms with E-state index in [1.54, 1.807) is 0 Å². The lowest BCUT2D eigenvalue weighted by atomic mass is 9.89. The molecule has 1 fully saturated rings. The van der Waals surface area contributed by atoms with Crippen molar-refractivity contribution < 1.29 is 4.74 Å². The van der Waals surface area contributed by atoms with E-state index in [1.165, 1.54) is 12.8 Å². The quantitative estimate of drug-likeness (QED) is 0.755. The average molecular weight is 255 g/mol. The Bertz CT molecular complexity index is 401. The Labute approximate surface area is 108 Å². The second-order valence-corrected chi connectivity index (χ2v) is 5.35. The highest BCUT2D eigenvalue weighted by atomic mass is 35.5. The van der Waals surface area contributed by atoms with Crippen LogP contribution in [0, 0.1) is 19.8 Å². The Hall–Kier alpha value is -0.830. The van der Waals surface area contributed by atoms with Crippen LogP contribution in [0.3, 0.4) is 0 Å². The summed E-state index contributed by atoms with van der Waals surface area (Å²) in [5.41, 5.74) is 0.843. The third-order valence-corrected chi connectivity index (χ3v) is 3.76. The molecule has 0 atom stereocenters. The van der Waals surface area contributed by atoms with Crippen molar-refractivity contribution in [2.75, 3.05) is 0 Å². The van der Waals surface area contributed by atoms with Crippen LogP contribution in [0.15, 0.2) is 0 Å². The van der Waals surface area contributed by atoms with Gasteiger partial charge in [0.2, 0.25) is 5.88 Å². The average Bonchev–Trinajstić information content (AvgIpc) is 2.28. The SMILES string of the molecule is Cc1nc(Cl)c(C)c(OC2CCC(C)CC2)n1. The van der Waals surface area contributed by atoms with Gasteiger partial charge in [-0.2, -0.15) is 4.98 Å². The van der Waals surface area contributed by atoms with E-state index in [0.29, 0.717) is 16.9 Å². The van der Waals surface area contributed by atoms with Gasteiger partial charge >= 0.3 is 0 Å². The molecule has 0 radical (unpaired) electrons. The van der Waals surface area contributed by atoms with Crippen molar-refractivity contribution in [3.05, 3.63) is 16.5 Å². The number of halogens is 1. The van der Waals surface area contributed by atoms with Gasteiger partial charge in [-0.3, -0.25) is 0 Å². The molecule has 94 valence electrons. The number of nitrogens with zero attached hydrogens (tertiary/aromatic N) is 2. The van der Waals surface area contributed by atoms with Crippen LogP contribution >= 0.6 is 11.6 Å². The van der Waals surface area contributed by atoms with E-state index in [2.05, 4.69) is 16.9 Å². The van der Waals surface area contributed by atoms with E-state index in [-0.39, 0.29) is 6.10 Å². The molecule has 0 amide bonds. The molecule has 0 bridgehead atoms. The van der Waals surface area contributed by atoms with Gasteiger partial charge in [0.25, 0.3) is 0 Å². The van der Waals surface area contributed by atoms with Gasteiger partial charge in [-0.25, -0.2) is 4.98 Å². The van der Waals surface area contributed by atoms with Crippen molar-refractivity contribution in [1.82, 2.24) is 9.97 Å². The summed E-state index contributed by atoms with van der Waals surface area (Å²) in [5, 5.41) is 0.497. The first-order chi connectivity index (χ1) is 8.06. The summed E-state index contributed by atoms with van der Waals surface area (Å²) in [4.78, 5) is 8.44. The minimum absolute atomic E-state index is 0.287. The second kappa shape index (κ2) is 5.21.